The zero-order valence-corrected chi connectivity index (χ0v) is 18.3. The van der Waals surface area contributed by atoms with Gasteiger partial charge in [0.2, 0.25) is 5.91 Å². The number of hydrogen-bond donors (Lipinski definition) is 0. The van der Waals surface area contributed by atoms with E-state index in [4.69, 9.17) is 0 Å². The number of hydrogen-bond acceptors (Lipinski definition) is 7. The van der Waals surface area contributed by atoms with Gasteiger partial charge in [0, 0.05) is 31.0 Å². The molecule has 1 aliphatic heterocycles. The molecule has 0 unspecified atom stereocenters. The van der Waals surface area contributed by atoms with Gasteiger partial charge in [0.05, 0.1) is 22.9 Å². The van der Waals surface area contributed by atoms with Gasteiger partial charge < -0.3 is 4.90 Å². The molecule has 0 radical (unpaired) electrons. The number of para-hydroxylation sites is 1. The lowest BCUT2D eigenvalue weighted by Gasteiger charge is -2.23. The molecule has 1 aliphatic rings. The van der Waals surface area contributed by atoms with Gasteiger partial charge in [-0.2, -0.15) is 0 Å². The fraction of sp³-hybridized carbons (Fsp3) is 0.300. The minimum absolute atomic E-state index is 0.0174. The summed E-state index contributed by atoms with van der Waals surface area (Å²) in [6, 6.07) is 9.47. The van der Waals surface area contributed by atoms with Crippen LogP contribution in [0.25, 0.3) is 17.1 Å². The minimum atomic E-state index is -3.09. The maximum Gasteiger partial charge on any atom is 0.233 e. The first-order chi connectivity index (χ1) is 14.9. The van der Waals surface area contributed by atoms with Crippen LogP contribution in [0.5, 0.6) is 0 Å². The Kier molecular flexibility index (Phi) is 6.05. The van der Waals surface area contributed by atoms with E-state index in [1.807, 2.05) is 0 Å². The van der Waals surface area contributed by atoms with Crippen LogP contribution in [0.15, 0.2) is 53.9 Å². The van der Waals surface area contributed by atoms with Gasteiger partial charge in [-0.15, -0.1) is 10.2 Å². The highest BCUT2D eigenvalue weighted by Crippen LogP contribution is 2.29. The van der Waals surface area contributed by atoms with Gasteiger partial charge >= 0.3 is 0 Å². The van der Waals surface area contributed by atoms with E-state index in [0.717, 1.165) is 11.8 Å². The van der Waals surface area contributed by atoms with Gasteiger partial charge in [0.1, 0.15) is 5.82 Å². The van der Waals surface area contributed by atoms with E-state index < -0.39 is 15.7 Å². The summed E-state index contributed by atoms with van der Waals surface area (Å²) in [7, 11) is -1.48. The number of thioether (sulfide) groups is 1. The molecular formula is C20H20FN5O3S2. The minimum Gasteiger partial charge on any atom is -0.341 e. The number of amides is 1. The predicted octanol–water partition coefficient (Wildman–Crippen LogP) is 2.21. The molecule has 2 aromatic heterocycles. The Hall–Kier alpha value is -2.79. The molecule has 0 saturated carbocycles. The van der Waals surface area contributed by atoms with Crippen LogP contribution in [-0.4, -0.2) is 69.3 Å². The van der Waals surface area contributed by atoms with Crippen LogP contribution < -0.4 is 0 Å². The normalized spacial score (nSPS) is 17.5. The molecule has 1 amide bonds. The molecule has 1 atom stereocenters. The molecule has 1 aromatic carbocycles. The van der Waals surface area contributed by atoms with E-state index >= 15 is 0 Å². The number of carbonyl (C=O) groups is 1. The number of pyridine rings is 1. The van der Waals surface area contributed by atoms with Crippen molar-refractivity contribution in [3.05, 3.63) is 54.6 Å². The van der Waals surface area contributed by atoms with Crippen molar-refractivity contribution in [3.63, 3.8) is 0 Å². The molecular weight excluding hydrogens is 441 g/mol. The second-order valence-electron chi connectivity index (χ2n) is 7.18. The van der Waals surface area contributed by atoms with Gasteiger partial charge in [-0.1, -0.05) is 23.9 Å². The van der Waals surface area contributed by atoms with E-state index in [2.05, 4.69) is 15.2 Å². The first kappa shape index (κ1) is 21.4. The summed E-state index contributed by atoms with van der Waals surface area (Å²) in [6.45, 7) is 0. The van der Waals surface area contributed by atoms with Crippen LogP contribution in [-0.2, 0) is 14.6 Å². The Morgan fingerprint density at radius 3 is 2.74 bits per heavy atom. The average molecular weight is 462 g/mol. The van der Waals surface area contributed by atoms with Crippen molar-refractivity contribution in [1.82, 2.24) is 24.6 Å². The Bertz CT molecular complexity index is 1200. The lowest BCUT2D eigenvalue weighted by molar-refractivity contribution is -0.128. The third-order valence-corrected chi connectivity index (χ3v) is 7.78. The summed E-state index contributed by atoms with van der Waals surface area (Å²) in [4.78, 5) is 18.2. The largest absolute Gasteiger partial charge is 0.341 e. The highest BCUT2D eigenvalue weighted by molar-refractivity contribution is 7.99. The second kappa shape index (κ2) is 8.75. The molecule has 162 valence electrons. The Morgan fingerprint density at radius 1 is 1.26 bits per heavy atom. The number of benzene rings is 1. The van der Waals surface area contributed by atoms with E-state index in [1.54, 1.807) is 54.3 Å². The Morgan fingerprint density at radius 2 is 2.06 bits per heavy atom. The molecule has 4 rings (SSSR count). The number of carbonyl (C=O) groups excluding carboxylic acids is 1. The van der Waals surface area contributed by atoms with E-state index in [-0.39, 0.29) is 34.9 Å². The lowest BCUT2D eigenvalue weighted by atomic mass is 10.2. The molecule has 31 heavy (non-hydrogen) atoms. The number of nitrogens with zero attached hydrogens (tertiary/aromatic N) is 5. The van der Waals surface area contributed by atoms with Crippen molar-refractivity contribution >= 4 is 27.5 Å². The van der Waals surface area contributed by atoms with Crippen molar-refractivity contribution in [2.24, 2.45) is 0 Å². The van der Waals surface area contributed by atoms with Crippen LogP contribution in [0.3, 0.4) is 0 Å². The predicted molar refractivity (Wildman–Crippen MR) is 115 cm³/mol. The molecule has 0 spiro atoms. The number of halogens is 1. The average Bonchev–Trinajstić information content (AvgIpc) is 3.35. The molecule has 3 aromatic rings. The van der Waals surface area contributed by atoms with Crippen LogP contribution in [0.2, 0.25) is 0 Å². The zero-order chi connectivity index (χ0) is 22.0. The van der Waals surface area contributed by atoms with Crippen molar-refractivity contribution < 1.29 is 17.6 Å². The molecule has 8 nitrogen and oxygen atoms in total. The van der Waals surface area contributed by atoms with Crippen molar-refractivity contribution in [3.8, 4) is 17.1 Å². The third kappa shape index (κ3) is 4.62. The van der Waals surface area contributed by atoms with E-state index in [1.165, 1.54) is 11.0 Å². The summed E-state index contributed by atoms with van der Waals surface area (Å²) >= 11 is 1.12. The summed E-state index contributed by atoms with van der Waals surface area (Å²) < 4.78 is 39.6. The topological polar surface area (TPSA) is 98.1 Å². The first-order valence-electron chi connectivity index (χ1n) is 9.55. The highest BCUT2D eigenvalue weighted by atomic mass is 32.2. The Balaban J connectivity index is 1.60. The van der Waals surface area contributed by atoms with E-state index in [0.29, 0.717) is 23.0 Å². The standard InChI is InChI=1S/C20H20FN5O3S2/c1-25(15-8-10-31(28,29)13-15)18(27)12-30-20-24-23-19(14-5-4-9-22-11-14)26(20)17-7-3-2-6-16(17)21/h2-7,9,11,15H,8,10,12-13H2,1H3/t15-/m1/s1. The first-order valence-corrected chi connectivity index (χ1v) is 12.4. The van der Waals surface area contributed by atoms with E-state index in [9.17, 15) is 17.6 Å². The maximum atomic E-state index is 14.6. The fourth-order valence-corrected chi connectivity index (χ4v) is 6.05. The van der Waals surface area contributed by atoms with Crippen LogP contribution in [0.1, 0.15) is 6.42 Å². The second-order valence-corrected chi connectivity index (χ2v) is 10.4. The summed E-state index contributed by atoms with van der Waals surface area (Å²) in [5, 5.41) is 8.73. The SMILES string of the molecule is CN(C(=O)CSc1nnc(-c2cccnc2)n1-c1ccccc1F)[C@@H]1CCS(=O)(=O)C1. The van der Waals surface area contributed by atoms with Gasteiger partial charge in [0.25, 0.3) is 0 Å². The Labute approximate surface area is 183 Å². The highest BCUT2D eigenvalue weighted by Gasteiger charge is 2.32. The molecule has 3 heterocycles. The van der Waals surface area contributed by atoms with Crippen molar-refractivity contribution in [2.75, 3.05) is 24.3 Å². The number of aromatic nitrogens is 4. The number of rotatable bonds is 6. The van der Waals surface area contributed by atoms with Crippen molar-refractivity contribution in [2.45, 2.75) is 17.6 Å². The summed E-state index contributed by atoms with van der Waals surface area (Å²) in [5.41, 5.74) is 0.918. The lowest BCUT2D eigenvalue weighted by Crippen LogP contribution is -2.38. The summed E-state index contributed by atoms with van der Waals surface area (Å²) in [6.07, 6.45) is 3.67. The quantitative estimate of drug-likeness (QED) is 0.519. The van der Waals surface area contributed by atoms with Gasteiger partial charge in [-0.05, 0) is 30.7 Å². The zero-order valence-electron chi connectivity index (χ0n) is 16.7. The van der Waals surface area contributed by atoms with Crippen LogP contribution >= 0.6 is 11.8 Å². The molecule has 11 heteroatoms. The monoisotopic (exact) mass is 461 g/mol. The fourth-order valence-electron chi connectivity index (χ4n) is 3.41. The molecule has 1 saturated heterocycles. The molecule has 0 N–H and O–H groups in total. The molecule has 0 bridgehead atoms. The number of sulfone groups is 1. The third-order valence-electron chi connectivity index (χ3n) is 5.12. The smallest absolute Gasteiger partial charge is 0.233 e. The molecule has 0 aliphatic carbocycles. The van der Waals surface area contributed by atoms with Crippen LogP contribution in [0.4, 0.5) is 4.39 Å². The maximum absolute atomic E-state index is 14.6. The van der Waals surface area contributed by atoms with Crippen molar-refractivity contribution in [1.29, 1.82) is 0 Å². The van der Waals surface area contributed by atoms with Crippen LogP contribution in [0, 0.1) is 5.82 Å². The van der Waals surface area contributed by atoms with Gasteiger partial charge in [0.15, 0.2) is 20.8 Å². The molecule has 1 fully saturated rings. The van der Waals surface area contributed by atoms with Gasteiger partial charge in [-0.3, -0.25) is 14.3 Å². The summed E-state index contributed by atoms with van der Waals surface area (Å²) in [5.74, 6) is -0.169. The van der Waals surface area contributed by atoms with Gasteiger partial charge in [-0.25, -0.2) is 12.8 Å².